The maximum Gasteiger partial charge on any atom is 0.310 e. The Kier molecular flexibility index (Phi) is 4.01. The van der Waals surface area contributed by atoms with Crippen molar-refractivity contribution < 1.29 is 14.1 Å². The van der Waals surface area contributed by atoms with Gasteiger partial charge in [-0.05, 0) is 25.1 Å². The third-order valence-corrected chi connectivity index (χ3v) is 3.17. The number of rotatable bonds is 5. The standard InChI is InChI=1S/C16H13N3O4/c1-11(22-14-10-6-5-9-13(14)19(20)21)15-17-18-16(23-15)12-7-3-2-4-8-12/h2-11H,1H3/t11-/m0/s1. The van der Waals surface area contributed by atoms with Gasteiger partial charge in [0.15, 0.2) is 11.9 Å². The molecular weight excluding hydrogens is 298 g/mol. The van der Waals surface area contributed by atoms with Crippen molar-refractivity contribution >= 4 is 5.69 Å². The van der Waals surface area contributed by atoms with E-state index in [1.54, 1.807) is 19.1 Å². The van der Waals surface area contributed by atoms with Crippen LogP contribution < -0.4 is 4.74 Å². The van der Waals surface area contributed by atoms with E-state index in [9.17, 15) is 10.1 Å². The van der Waals surface area contributed by atoms with E-state index in [4.69, 9.17) is 9.15 Å². The third kappa shape index (κ3) is 3.18. The van der Waals surface area contributed by atoms with Gasteiger partial charge in [0, 0.05) is 11.6 Å². The molecule has 0 bridgehead atoms. The lowest BCUT2D eigenvalue weighted by Crippen LogP contribution is -2.05. The van der Waals surface area contributed by atoms with Crippen molar-refractivity contribution in [2.45, 2.75) is 13.0 Å². The largest absolute Gasteiger partial charge is 0.474 e. The lowest BCUT2D eigenvalue weighted by Gasteiger charge is -2.10. The highest BCUT2D eigenvalue weighted by molar-refractivity contribution is 5.51. The Bertz CT molecular complexity index is 817. The number of aromatic nitrogens is 2. The summed E-state index contributed by atoms with van der Waals surface area (Å²) in [5, 5.41) is 18.9. The minimum atomic E-state index is -0.610. The highest BCUT2D eigenvalue weighted by atomic mass is 16.6. The Morgan fingerprint density at radius 1 is 1.09 bits per heavy atom. The van der Waals surface area contributed by atoms with Gasteiger partial charge >= 0.3 is 5.69 Å². The molecule has 3 rings (SSSR count). The van der Waals surface area contributed by atoms with E-state index in [0.29, 0.717) is 5.89 Å². The fourth-order valence-corrected chi connectivity index (χ4v) is 2.04. The number of nitro groups is 1. The predicted molar refractivity (Wildman–Crippen MR) is 81.9 cm³/mol. The Morgan fingerprint density at radius 3 is 2.52 bits per heavy atom. The SMILES string of the molecule is C[C@H](Oc1ccccc1[N+](=O)[O-])c1nnc(-c2ccccc2)o1. The highest BCUT2D eigenvalue weighted by Gasteiger charge is 2.21. The zero-order valence-corrected chi connectivity index (χ0v) is 12.2. The van der Waals surface area contributed by atoms with E-state index in [2.05, 4.69) is 10.2 Å². The Hall–Kier alpha value is -3.22. The van der Waals surface area contributed by atoms with Crippen molar-refractivity contribution in [1.82, 2.24) is 10.2 Å². The van der Waals surface area contributed by atoms with E-state index in [0.717, 1.165) is 5.56 Å². The fourth-order valence-electron chi connectivity index (χ4n) is 2.04. The van der Waals surface area contributed by atoms with Gasteiger partial charge in [-0.3, -0.25) is 10.1 Å². The molecule has 1 heterocycles. The fraction of sp³-hybridized carbons (Fsp3) is 0.125. The van der Waals surface area contributed by atoms with Crippen LogP contribution >= 0.6 is 0 Å². The molecule has 0 fully saturated rings. The molecule has 23 heavy (non-hydrogen) atoms. The first kappa shape index (κ1) is 14.7. The van der Waals surface area contributed by atoms with Crippen molar-refractivity contribution in [3.05, 3.63) is 70.6 Å². The molecule has 0 aliphatic heterocycles. The number of hydrogen-bond donors (Lipinski definition) is 0. The Labute approximate surface area is 131 Å². The number of benzene rings is 2. The van der Waals surface area contributed by atoms with Crippen LogP contribution in [0.3, 0.4) is 0 Å². The topological polar surface area (TPSA) is 91.3 Å². The number of para-hydroxylation sites is 2. The second kappa shape index (κ2) is 6.27. The van der Waals surface area contributed by atoms with Crippen LogP contribution in [0.25, 0.3) is 11.5 Å². The lowest BCUT2D eigenvalue weighted by atomic mass is 10.2. The molecule has 0 radical (unpaired) electrons. The van der Waals surface area contributed by atoms with E-state index >= 15 is 0 Å². The molecule has 1 atom stereocenters. The zero-order valence-electron chi connectivity index (χ0n) is 12.2. The molecule has 2 aromatic carbocycles. The summed E-state index contributed by atoms with van der Waals surface area (Å²) in [4.78, 5) is 10.5. The van der Waals surface area contributed by atoms with Gasteiger partial charge < -0.3 is 9.15 Å². The summed E-state index contributed by atoms with van der Waals surface area (Å²) in [6.07, 6.45) is -0.610. The number of nitro benzene ring substituents is 1. The van der Waals surface area contributed by atoms with Crippen molar-refractivity contribution in [1.29, 1.82) is 0 Å². The quantitative estimate of drug-likeness (QED) is 0.526. The van der Waals surface area contributed by atoms with Gasteiger partial charge in [-0.25, -0.2) is 0 Å². The maximum absolute atomic E-state index is 11.0. The van der Waals surface area contributed by atoms with Crippen molar-refractivity contribution in [3.8, 4) is 17.2 Å². The minimum absolute atomic E-state index is 0.109. The molecule has 0 saturated heterocycles. The molecule has 7 heteroatoms. The molecule has 1 aromatic heterocycles. The average Bonchev–Trinajstić information content (AvgIpc) is 3.06. The summed E-state index contributed by atoms with van der Waals surface area (Å²) in [6.45, 7) is 1.69. The summed E-state index contributed by atoms with van der Waals surface area (Å²) in [5.74, 6) is 0.782. The molecular formula is C16H13N3O4. The normalized spacial score (nSPS) is 11.9. The number of nitrogens with zero attached hydrogens (tertiary/aromatic N) is 3. The van der Waals surface area contributed by atoms with Gasteiger partial charge in [0.2, 0.25) is 5.89 Å². The van der Waals surface area contributed by atoms with Crippen LogP contribution in [0.15, 0.2) is 59.0 Å². The van der Waals surface area contributed by atoms with Gasteiger partial charge in [-0.1, -0.05) is 30.3 Å². The molecule has 3 aromatic rings. The molecule has 0 aliphatic carbocycles. The maximum atomic E-state index is 11.0. The first-order valence-electron chi connectivity index (χ1n) is 6.94. The zero-order chi connectivity index (χ0) is 16.2. The third-order valence-electron chi connectivity index (χ3n) is 3.17. The van der Waals surface area contributed by atoms with Crippen LogP contribution in [0.4, 0.5) is 5.69 Å². The summed E-state index contributed by atoms with van der Waals surface area (Å²) < 4.78 is 11.2. The Balaban J connectivity index is 1.81. The molecule has 116 valence electrons. The van der Waals surface area contributed by atoms with Gasteiger partial charge in [0.25, 0.3) is 5.89 Å². The van der Waals surface area contributed by atoms with E-state index < -0.39 is 11.0 Å². The summed E-state index contributed by atoms with van der Waals surface area (Å²) in [6, 6.07) is 15.5. The molecule has 0 unspecified atom stereocenters. The second-order valence-electron chi connectivity index (χ2n) is 4.80. The number of ether oxygens (including phenoxy) is 1. The Morgan fingerprint density at radius 2 is 1.78 bits per heavy atom. The average molecular weight is 311 g/mol. The smallest absolute Gasteiger partial charge is 0.310 e. The molecule has 0 saturated carbocycles. The van der Waals surface area contributed by atoms with Crippen LogP contribution in [-0.4, -0.2) is 15.1 Å². The summed E-state index contributed by atoms with van der Waals surface area (Å²) >= 11 is 0. The van der Waals surface area contributed by atoms with E-state index in [-0.39, 0.29) is 17.3 Å². The van der Waals surface area contributed by atoms with Gasteiger partial charge in [-0.2, -0.15) is 0 Å². The van der Waals surface area contributed by atoms with E-state index in [1.165, 1.54) is 12.1 Å². The van der Waals surface area contributed by atoms with Crippen LogP contribution in [0.2, 0.25) is 0 Å². The van der Waals surface area contributed by atoms with Crippen LogP contribution in [-0.2, 0) is 0 Å². The molecule has 0 amide bonds. The number of hydrogen-bond acceptors (Lipinski definition) is 6. The van der Waals surface area contributed by atoms with Crippen molar-refractivity contribution in [2.75, 3.05) is 0 Å². The second-order valence-corrected chi connectivity index (χ2v) is 4.80. The first-order chi connectivity index (χ1) is 11.1. The summed E-state index contributed by atoms with van der Waals surface area (Å²) in [5.41, 5.74) is 0.686. The van der Waals surface area contributed by atoms with Crippen LogP contribution in [0.5, 0.6) is 5.75 Å². The van der Waals surface area contributed by atoms with Crippen LogP contribution in [0.1, 0.15) is 18.9 Å². The predicted octanol–water partition coefficient (Wildman–Crippen LogP) is 3.78. The van der Waals surface area contributed by atoms with Crippen molar-refractivity contribution in [2.24, 2.45) is 0 Å². The van der Waals surface area contributed by atoms with Crippen molar-refractivity contribution in [3.63, 3.8) is 0 Å². The van der Waals surface area contributed by atoms with Gasteiger partial charge in [-0.15, -0.1) is 10.2 Å². The van der Waals surface area contributed by atoms with Crippen LogP contribution in [0, 0.1) is 10.1 Å². The molecule has 0 spiro atoms. The first-order valence-corrected chi connectivity index (χ1v) is 6.94. The minimum Gasteiger partial charge on any atom is -0.474 e. The molecule has 7 nitrogen and oxygen atoms in total. The molecule has 0 aliphatic rings. The van der Waals surface area contributed by atoms with E-state index in [1.807, 2.05) is 30.3 Å². The summed E-state index contributed by atoms with van der Waals surface area (Å²) in [7, 11) is 0. The van der Waals surface area contributed by atoms with Gasteiger partial charge in [0.05, 0.1) is 4.92 Å². The molecule has 0 N–H and O–H groups in total. The monoisotopic (exact) mass is 311 g/mol. The highest BCUT2D eigenvalue weighted by Crippen LogP contribution is 2.30. The lowest BCUT2D eigenvalue weighted by molar-refractivity contribution is -0.386. The van der Waals surface area contributed by atoms with Gasteiger partial charge in [0.1, 0.15) is 0 Å².